The first-order chi connectivity index (χ1) is 20.0. The topological polar surface area (TPSA) is 145 Å². The van der Waals surface area contributed by atoms with Crippen LogP contribution in [0.1, 0.15) is 56.7 Å². The molecule has 1 heterocycles. The molecule has 0 amide bonds. The quantitative estimate of drug-likeness (QED) is 0.435. The Morgan fingerprint density at radius 3 is 2.14 bits per heavy atom. The number of ketones is 1. The molecule has 234 valence electrons. The van der Waals surface area contributed by atoms with E-state index in [-0.39, 0.29) is 27.8 Å². The number of piperazine rings is 1. The number of Topliss-reactive ketones (excluding diaryl/α,β-unsaturated/α-hetero) is 1. The van der Waals surface area contributed by atoms with Crippen LogP contribution in [0.5, 0.6) is 11.5 Å². The van der Waals surface area contributed by atoms with Gasteiger partial charge in [-0.1, -0.05) is 26.8 Å². The van der Waals surface area contributed by atoms with E-state index in [4.69, 9.17) is 9.29 Å². The van der Waals surface area contributed by atoms with Crippen molar-refractivity contribution in [2.45, 2.75) is 58.8 Å². The van der Waals surface area contributed by atoms with Crippen molar-refractivity contribution in [1.82, 2.24) is 9.21 Å². The minimum atomic E-state index is -4.08. The van der Waals surface area contributed by atoms with E-state index in [1.165, 1.54) is 10.4 Å². The van der Waals surface area contributed by atoms with E-state index in [0.717, 1.165) is 24.1 Å². The lowest BCUT2D eigenvalue weighted by Crippen LogP contribution is -2.48. The third-order valence-electron chi connectivity index (χ3n) is 9.46. The fraction of sp³-hybridized carbons (Fsp3) is 0.548. The van der Waals surface area contributed by atoms with E-state index >= 15 is 0 Å². The van der Waals surface area contributed by atoms with Gasteiger partial charge >= 0.3 is 0 Å². The van der Waals surface area contributed by atoms with E-state index < -0.39 is 31.3 Å². The summed E-state index contributed by atoms with van der Waals surface area (Å²) in [7, 11) is -7.84. The van der Waals surface area contributed by atoms with Gasteiger partial charge in [-0.3, -0.25) is 9.35 Å². The van der Waals surface area contributed by atoms with Crippen molar-refractivity contribution in [1.29, 1.82) is 5.26 Å². The molecule has 2 unspecified atom stereocenters. The summed E-state index contributed by atoms with van der Waals surface area (Å²) in [4.78, 5) is 14.1. The maximum absolute atomic E-state index is 13.3. The van der Waals surface area contributed by atoms with Crippen molar-refractivity contribution in [3.8, 4) is 17.6 Å². The Labute approximate surface area is 255 Å². The number of nitriles is 1. The van der Waals surface area contributed by atoms with Gasteiger partial charge in [0, 0.05) is 32.6 Å². The predicted molar refractivity (Wildman–Crippen MR) is 163 cm³/mol. The van der Waals surface area contributed by atoms with Crippen LogP contribution in [-0.4, -0.2) is 74.9 Å². The SMILES string of the molecule is CC1(C)C2CCC1(CS(=O)(=O)O)C(=O)C2.CCN1CCN(S(=O)(=O)c2cc(C#N)ccc2Oc2cc(C)cc(C)c2)CC1. The van der Waals surface area contributed by atoms with Gasteiger partial charge in [-0.2, -0.15) is 18.0 Å². The van der Waals surface area contributed by atoms with E-state index in [1.54, 1.807) is 12.1 Å². The van der Waals surface area contributed by atoms with Gasteiger partial charge in [0.15, 0.2) is 0 Å². The fourth-order valence-electron chi connectivity index (χ4n) is 6.83. The lowest BCUT2D eigenvalue weighted by Gasteiger charge is -2.35. The van der Waals surface area contributed by atoms with Gasteiger partial charge in [-0.05, 0) is 86.0 Å². The molecule has 2 saturated carbocycles. The molecular formula is C31H41N3O7S2. The number of hydrogen-bond acceptors (Lipinski definition) is 8. The number of fused-ring (bicyclic) bond motifs is 2. The van der Waals surface area contributed by atoms with Crippen LogP contribution in [0.4, 0.5) is 0 Å². The first-order valence-electron chi connectivity index (χ1n) is 14.5. The summed E-state index contributed by atoms with van der Waals surface area (Å²) >= 11 is 0. The highest BCUT2D eigenvalue weighted by atomic mass is 32.2. The standard InChI is InChI=1S/C21H25N3O3S.C10H16O4S/c1-4-23-7-9-24(10-8-23)28(25,26)21-14-18(15-22)5-6-20(21)27-19-12-16(2)11-17(3)13-19;1-9(2)7-3-4-10(9,8(11)5-7)6-15(12,13)14/h5-6,11-14H,4,7-10H2,1-3H3;7H,3-6H2,1-2H3,(H,12,13,14). The third kappa shape index (κ3) is 6.81. The Hall–Kier alpha value is -2.82. The summed E-state index contributed by atoms with van der Waals surface area (Å²) in [6.07, 6.45) is 1.97. The molecule has 3 fully saturated rings. The van der Waals surface area contributed by atoms with Gasteiger partial charge in [-0.15, -0.1) is 0 Å². The summed E-state index contributed by atoms with van der Waals surface area (Å²) < 4.78 is 65.0. The Bertz CT molecular complexity index is 1620. The van der Waals surface area contributed by atoms with Crippen molar-refractivity contribution in [2.24, 2.45) is 16.7 Å². The summed E-state index contributed by atoms with van der Waals surface area (Å²) in [5.41, 5.74) is 1.23. The second-order valence-electron chi connectivity index (χ2n) is 12.4. The molecule has 1 aliphatic heterocycles. The fourth-order valence-corrected chi connectivity index (χ4v) is 9.69. The molecule has 10 nitrogen and oxygen atoms in total. The first-order valence-corrected chi connectivity index (χ1v) is 17.6. The molecule has 5 rings (SSSR count). The van der Waals surface area contributed by atoms with Crippen molar-refractivity contribution in [3.05, 3.63) is 53.1 Å². The summed E-state index contributed by atoms with van der Waals surface area (Å²) in [5.74, 6) is 0.715. The molecule has 2 aromatic rings. The predicted octanol–water partition coefficient (Wildman–Crippen LogP) is 4.56. The van der Waals surface area contributed by atoms with E-state index in [0.29, 0.717) is 50.3 Å². The Kier molecular flexibility index (Phi) is 9.45. The van der Waals surface area contributed by atoms with Crippen LogP contribution in [0.3, 0.4) is 0 Å². The lowest BCUT2D eigenvalue weighted by molar-refractivity contribution is -0.128. The monoisotopic (exact) mass is 631 g/mol. The zero-order chi connectivity index (χ0) is 31.8. The van der Waals surface area contributed by atoms with Crippen LogP contribution in [0, 0.1) is 41.9 Å². The summed E-state index contributed by atoms with van der Waals surface area (Å²) in [6, 6.07) is 12.3. The van der Waals surface area contributed by atoms with E-state index in [1.807, 2.05) is 52.0 Å². The highest BCUT2D eigenvalue weighted by Gasteiger charge is 2.65. The molecule has 2 aromatic carbocycles. The molecule has 3 aliphatic rings. The average Bonchev–Trinajstić information content (AvgIpc) is 3.26. The molecule has 2 aliphatic carbocycles. The molecule has 0 spiro atoms. The number of rotatable bonds is 7. The molecule has 1 N–H and O–H groups in total. The van der Waals surface area contributed by atoms with Crippen LogP contribution in [-0.2, 0) is 24.9 Å². The van der Waals surface area contributed by atoms with Gasteiger partial charge in [0.1, 0.15) is 22.2 Å². The first kappa shape index (κ1) is 33.1. The number of carbonyl (C=O) groups excluding carboxylic acids is 1. The van der Waals surface area contributed by atoms with Crippen LogP contribution < -0.4 is 4.74 Å². The van der Waals surface area contributed by atoms with Crippen molar-refractivity contribution in [2.75, 3.05) is 38.5 Å². The number of likely N-dealkylation sites (N-methyl/N-ethyl adjacent to an activating group) is 1. The molecule has 1 saturated heterocycles. The molecular weight excluding hydrogens is 590 g/mol. The van der Waals surface area contributed by atoms with Crippen LogP contribution in [0.25, 0.3) is 0 Å². The van der Waals surface area contributed by atoms with Gasteiger partial charge in [-0.25, -0.2) is 8.42 Å². The van der Waals surface area contributed by atoms with Crippen molar-refractivity contribution < 1.29 is 30.9 Å². The number of nitrogens with zero attached hydrogens (tertiary/aromatic N) is 3. The minimum absolute atomic E-state index is 0.0152. The number of carbonyl (C=O) groups is 1. The Morgan fingerprint density at radius 1 is 1.02 bits per heavy atom. The molecule has 43 heavy (non-hydrogen) atoms. The summed E-state index contributed by atoms with van der Waals surface area (Å²) in [5, 5.41) is 9.25. The number of aryl methyl sites for hydroxylation is 2. The van der Waals surface area contributed by atoms with Gasteiger partial charge in [0.05, 0.1) is 22.8 Å². The Balaban J connectivity index is 0.000000237. The maximum Gasteiger partial charge on any atom is 0.265 e. The zero-order valence-corrected chi connectivity index (χ0v) is 27.1. The maximum atomic E-state index is 13.3. The van der Waals surface area contributed by atoms with E-state index in [9.17, 15) is 26.9 Å². The normalized spacial score (nSPS) is 23.8. The molecule has 0 radical (unpaired) electrons. The molecule has 0 aromatic heterocycles. The van der Waals surface area contributed by atoms with Crippen molar-refractivity contribution in [3.63, 3.8) is 0 Å². The Morgan fingerprint density at radius 2 is 1.65 bits per heavy atom. The molecule has 12 heteroatoms. The zero-order valence-electron chi connectivity index (χ0n) is 25.5. The summed E-state index contributed by atoms with van der Waals surface area (Å²) in [6.45, 7) is 13.0. The van der Waals surface area contributed by atoms with Crippen LogP contribution in [0.2, 0.25) is 0 Å². The molecule has 2 bridgehead atoms. The lowest BCUT2D eigenvalue weighted by atomic mass is 9.70. The van der Waals surface area contributed by atoms with E-state index in [2.05, 4.69) is 11.8 Å². The highest BCUT2D eigenvalue weighted by Crippen LogP contribution is 2.64. The smallest absolute Gasteiger partial charge is 0.265 e. The highest BCUT2D eigenvalue weighted by molar-refractivity contribution is 7.89. The van der Waals surface area contributed by atoms with Crippen molar-refractivity contribution >= 4 is 25.9 Å². The van der Waals surface area contributed by atoms with Gasteiger partial charge in [0.25, 0.3) is 10.1 Å². The number of hydrogen-bond donors (Lipinski definition) is 1. The third-order valence-corrected chi connectivity index (χ3v) is 12.2. The average molecular weight is 632 g/mol. The van der Waals surface area contributed by atoms with Crippen LogP contribution >= 0.6 is 0 Å². The van der Waals surface area contributed by atoms with Gasteiger partial charge < -0.3 is 9.64 Å². The molecule has 2 atom stereocenters. The number of sulfonamides is 1. The van der Waals surface area contributed by atoms with Gasteiger partial charge in [0.2, 0.25) is 10.0 Å². The van der Waals surface area contributed by atoms with Crippen LogP contribution in [0.15, 0.2) is 41.3 Å². The largest absolute Gasteiger partial charge is 0.456 e. The number of benzene rings is 2. The minimum Gasteiger partial charge on any atom is -0.456 e. The second kappa shape index (κ2) is 12.3. The number of ether oxygens (including phenoxy) is 1. The second-order valence-corrected chi connectivity index (χ2v) is 15.8.